The molecule has 210 valence electrons. The second-order valence-electron chi connectivity index (χ2n) is 12.1. The maximum Gasteiger partial charge on any atom is 0.408 e. The number of aliphatic hydroxyl groups is 1. The quantitative estimate of drug-likeness (QED) is 0.391. The zero-order valence-electron chi connectivity index (χ0n) is 23.4. The molecule has 6 rings (SSSR count). The van der Waals surface area contributed by atoms with Crippen LogP contribution in [0.25, 0.3) is 33.6 Å². The van der Waals surface area contributed by atoms with Gasteiger partial charge in [0.05, 0.1) is 28.9 Å². The Morgan fingerprint density at radius 1 is 1.15 bits per heavy atom. The normalized spacial score (nSPS) is 19.8. The fourth-order valence-corrected chi connectivity index (χ4v) is 5.49. The van der Waals surface area contributed by atoms with Crippen LogP contribution in [0.2, 0.25) is 0 Å². The Kier molecular flexibility index (Phi) is 6.53. The molecule has 10 heteroatoms. The number of pyridine rings is 1. The maximum atomic E-state index is 13.5. The highest BCUT2D eigenvalue weighted by Gasteiger charge is 2.33. The number of aromatic nitrogens is 4. The maximum absolute atomic E-state index is 13.5. The number of ether oxygens (including phenoxy) is 1. The van der Waals surface area contributed by atoms with Crippen molar-refractivity contribution in [3.63, 3.8) is 0 Å². The number of carbonyl (C=O) groups is 2. The molecule has 10 nitrogen and oxygen atoms in total. The zero-order valence-corrected chi connectivity index (χ0v) is 23.4. The number of piperidine rings is 1. The first-order valence-electron chi connectivity index (χ1n) is 14.0. The summed E-state index contributed by atoms with van der Waals surface area (Å²) in [6.07, 6.45) is 3.30. The number of nitrogens with zero attached hydrogens (tertiary/aromatic N) is 5. The summed E-state index contributed by atoms with van der Waals surface area (Å²) in [5, 5.41) is 14.3. The molecule has 2 aliphatic rings. The second kappa shape index (κ2) is 9.92. The third-order valence-corrected chi connectivity index (χ3v) is 7.72. The highest BCUT2D eigenvalue weighted by atomic mass is 16.6. The van der Waals surface area contributed by atoms with E-state index in [9.17, 15) is 14.7 Å². The van der Waals surface area contributed by atoms with Crippen LogP contribution in [0.3, 0.4) is 0 Å². The summed E-state index contributed by atoms with van der Waals surface area (Å²) in [5.41, 5.74) is 3.52. The van der Waals surface area contributed by atoms with Crippen molar-refractivity contribution in [3.05, 3.63) is 48.2 Å². The van der Waals surface area contributed by atoms with Gasteiger partial charge in [0.15, 0.2) is 5.82 Å². The number of carbonyl (C=O) groups excluding carboxylic acids is 2. The lowest BCUT2D eigenvalue weighted by atomic mass is 10.0. The summed E-state index contributed by atoms with van der Waals surface area (Å²) in [7, 11) is 2.00. The molecule has 0 radical (unpaired) electrons. The number of aryl methyl sites for hydroxylation is 1. The number of fused-ring (bicyclic) bond motifs is 2. The van der Waals surface area contributed by atoms with E-state index in [1.54, 1.807) is 25.7 Å². The van der Waals surface area contributed by atoms with Gasteiger partial charge < -0.3 is 29.2 Å². The van der Waals surface area contributed by atoms with E-state index < -0.39 is 23.8 Å². The fraction of sp³-hybridized carbons (Fsp3) is 0.467. The average Bonchev–Trinajstić information content (AvgIpc) is 3.57. The average molecular weight is 545 g/mol. The Balaban J connectivity index is 1.26. The topological polar surface area (TPSA) is 115 Å². The van der Waals surface area contributed by atoms with Crippen LogP contribution in [0.5, 0.6) is 0 Å². The Morgan fingerprint density at radius 2 is 1.95 bits per heavy atom. The van der Waals surface area contributed by atoms with Crippen molar-refractivity contribution in [1.29, 1.82) is 0 Å². The Hall–Kier alpha value is -3.92. The van der Waals surface area contributed by atoms with Crippen molar-refractivity contribution in [2.45, 2.75) is 64.3 Å². The predicted octanol–water partition coefficient (Wildman–Crippen LogP) is 4.10. The van der Waals surface area contributed by atoms with E-state index in [0.29, 0.717) is 24.4 Å². The molecule has 2 unspecified atom stereocenters. The summed E-state index contributed by atoms with van der Waals surface area (Å²) < 4.78 is 9.68. The summed E-state index contributed by atoms with van der Waals surface area (Å²) in [4.78, 5) is 37.1. The van der Waals surface area contributed by atoms with Gasteiger partial charge in [-0.2, -0.15) is 0 Å². The molecule has 4 aromatic rings. The number of nitrogens with one attached hydrogen (secondary N) is 1. The van der Waals surface area contributed by atoms with Crippen LogP contribution in [0.1, 0.15) is 50.4 Å². The number of rotatable bonds is 5. The third kappa shape index (κ3) is 5.15. The molecule has 1 aliphatic carbocycles. The van der Waals surface area contributed by atoms with Crippen molar-refractivity contribution >= 4 is 34.1 Å². The number of amides is 2. The van der Waals surface area contributed by atoms with E-state index in [1.807, 2.05) is 37.5 Å². The number of aliphatic hydroxyl groups excluding tert-OH is 1. The lowest BCUT2D eigenvalue weighted by Crippen LogP contribution is -2.57. The van der Waals surface area contributed by atoms with Crippen LogP contribution < -0.4 is 5.32 Å². The molecule has 3 aromatic heterocycles. The Bertz CT molecular complexity index is 1600. The van der Waals surface area contributed by atoms with Crippen LogP contribution in [-0.2, 0) is 18.3 Å². The SMILES string of the molecule is Cn1c(-c2cc3cccnc3n2CC2CC2)nc2cc(C(=O)N3CCC(O)C(NC(=O)OC(C)(C)C)C3)ccc21. The monoisotopic (exact) mass is 544 g/mol. The van der Waals surface area contributed by atoms with Gasteiger partial charge in [0.1, 0.15) is 11.2 Å². The number of hydrogen-bond donors (Lipinski definition) is 2. The molecule has 1 aliphatic heterocycles. The first kappa shape index (κ1) is 26.3. The minimum atomic E-state index is -0.755. The van der Waals surface area contributed by atoms with Gasteiger partial charge in [0.2, 0.25) is 0 Å². The first-order valence-corrected chi connectivity index (χ1v) is 14.0. The second-order valence-corrected chi connectivity index (χ2v) is 12.1. The third-order valence-electron chi connectivity index (χ3n) is 7.72. The number of likely N-dealkylation sites (tertiary alicyclic amines) is 1. The largest absolute Gasteiger partial charge is 0.444 e. The minimum absolute atomic E-state index is 0.163. The van der Waals surface area contributed by atoms with Crippen LogP contribution in [0.4, 0.5) is 4.79 Å². The number of benzene rings is 1. The molecular formula is C30H36N6O4. The van der Waals surface area contributed by atoms with E-state index in [-0.39, 0.29) is 12.5 Å². The molecule has 40 heavy (non-hydrogen) atoms. The van der Waals surface area contributed by atoms with E-state index in [4.69, 9.17) is 9.72 Å². The summed E-state index contributed by atoms with van der Waals surface area (Å²) >= 11 is 0. The summed E-state index contributed by atoms with van der Waals surface area (Å²) in [6, 6.07) is 11.1. The van der Waals surface area contributed by atoms with Crippen molar-refractivity contribution in [1.82, 2.24) is 29.3 Å². The predicted molar refractivity (Wildman–Crippen MR) is 152 cm³/mol. The molecule has 4 heterocycles. The van der Waals surface area contributed by atoms with Gasteiger partial charge in [-0.3, -0.25) is 4.79 Å². The lowest BCUT2D eigenvalue weighted by Gasteiger charge is -2.36. The molecule has 2 N–H and O–H groups in total. The number of hydrogen-bond acceptors (Lipinski definition) is 6. The molecule has 0 bridgehead atoms. The Morgan fingerprint density at radius 3 is 2.70 bits per heavy atom. The van der Waals surface area contributed by atoms with E-state index in [2.05, 4.69) is 31.6 Å². The Labute approximate surface area is 232 Å². The molecule has 2 atom stereocenters. The van der Waals surface area contributed by atoms with E-state index in [1.165, 1.54) is 12.8 Å². The zero-order chi connectivity index (χ0) is 28.2. The molecule has 2 amide bonds. The standard InChI is InChI=1S/C30H36N6O4/c1-30(2,3)40-29(39)33-22-17-35(13-11-25(22)37)28(38)20-9-10-23-21(14-20)32-27(34(23)4)24-15-19-6-5-12-31-26(19)36(24)16-18-7-8-18/h5-6,9-10,12,14-15,18,22,25,37H,7-8,11,13,16-17H2,1-4H3,(H,33,39). The van der Waals surface area contributed by atoms with Crippen molar-refractivity contribution in [2.24, 2.45) is 13.0 Å². The highest BCUT2D eigenvalue weighted by molar-refractivity contribution is 5.98. The smallest absolute Gasteiger partial charge is 0.408 e. The van der Waals surface area contributed by atoms with Crippen LogP contribution in [0.15, 0.2) is 42.6 Å². The molecule has 2 fully saturated rings. The van der Waals surface area contributed by atoms with Crippen molar-refractivity contribution in [2.75, 3.05) is 13.1 Å². The highest BCUT2D eigenvalue weighted by Crippen LogP contribution is 2.36. The van der Waals surface area contributed by atoms with Gasteiger partial charge in [-0.1, -0.05) is 0 Å². The van der Waals surface area contributed by atoms with E-state index >= 15 is 0 Å². The van der Waals surface area contributed by atoms with E-state index in [0.717, 1.165) is 40.1 Å². The molecule has 1 aromatic carbocycles. The summed E-state index contributed by atoms with van der Waals surface area (Å²) in [6.45, 7) is 6.85. The summed E-state index contributed by atoms with van der Waals surface area (Å²) in [5.74, 6) is 1.34. The number of alkyl carbamates (subject to hydrolysis) is 1. The molecule has 0 spiro atoms. The van der Waals surface area contributed by atoms with Crippen molar-refractivity contribution in [3.8, 4) is 11.5 Å². The van der Waals surface area contributed by atoms with Gasteiger partial charge in [0, 0.05) is 43.8 Å². The molecule has 1 saturated carbocycles. The van der Waals surface area contributed by atoms with Gasteiger partial charge in [-0.25, -0.2) is 14.8 Å². The molecule has 1 saturated heterocycles. The molecular weight excluding hydrogens is 508 g/mol. The van der Waals surface area contributed by atoms with Crippen LogP contribution in [-0.4, -0.2) is 71.9 Å². The van der Waals surface area contributed by atoms with Crippen molar-refractivity contribution < 1.29 is 19.4 Å². The first-order chi connectivity index (χ1) is 19.1. The van der Waals surface area contributed by atoms with Gasteiger partial charge in [-0.15, -0.1) is 0 Å². The minimum Gasteiger partial charge on any atom is -0.444 e. The number of imidazole rings is 1. The van der Waals surface area contributed by atoms with Gasteiger partial charge in [-0.05, 0) is 82.3 Å². The van der Waals surface area contributed by atoms with Crippen LogP contribution in [0, 0.1) is 5.92 Å². The lowest BCUT2D eigenvalue weighted by molar-refractivity contribution is 0.0210. The fourth-order valence-electron chi connectivity index (χ4n) is 5.49. The van der Waals surface area contributed by atoms with Crippen LogP contribution >= 0.6 is 0 Å². The van der Waals surface area contributed by atoms with Gasteiger partial charge >= 0.3 is 6.09 Å². The van der Waals surface area contributed by atoms with Gasteiger partial charge in [0.25, 0.3) is 5.91 Å².